The van der Waals surface area contributed by atoms with Gasteiger partial charge in [-0.2, -0.15) is 0 Å². The number of carbonyl (C=O) groups excluding carboxylic acids is 1. The van der Waals surface area contributed by atoms with E-state index in [9.17, 15) is 14.3 Å². The molecule has 8 heteroatoms. The Morgan fingerprint density at radius 3 is 2.73 bits per heavy atom. The molecule has 1 aromatic heterocycles. The first-order valence-corrected chi connectivity index (χ1v) is 7.59. The van der Waals surface area contributed by atoms with E-state index in [1.165, 1.54) is 29.5 Å². The minimum atomic E-state index is -1.12. The number of amides is 2. The summed E-state index contributed by atoms with van der Waals surface area (Å²) in [6.45, 7) is 3.85. The Balaban J connectivity index is 1.86. The highest BCUT2D eigenvalue weighted by atomic mass is 32.1. The first-order valence-electron chi connectivity index (χ1n) is 6.78. The second-order valence-corrected chi connectivity index (χ2v) is 5.98. The Kier molecular flexibility index (Phi) is 5.40. The van der Waals surface area contributed by atoms with Gasteiger partial charge in [0.1, 0.15) is 10.8 Å². The van der Waals surface area contributed by atoms with Crippen LogP contribution >= 0.6 is 11.3 Å². The fraction of sp³-hybridized carbons (Fsp3) is 0.357. The number of halogens is 1. The van der Waals surface area contributed by atoms with Gasteiger partial charge in [-0.15, -0.1) is 10.2 Å². The molecule has 0 bridgehead atoms. The summed E-state index contributed by atoms with van der Waals surface area (Å²) in [5, 5.41) is 23.9. The van der Waals surface area contributed by atoms with Crippen molar-refractivity contribution in [2.45, 2.75) is 25.9 Å². The van der Waals surface area contributed by atoms with Crippen LogP contribution in [0, 0.1) is 5.82 Å². The highest BCUT2D eigenvalue weighted by Crippen LogP contribution is 2.22. The maximum absolute atomic E-state index is 13.5. The number of aliphatic hydroxyl groups is 1. The van der Waals surface area contributed by atoms with Crippen molar-refractivity contribution in [2.24, 2.45) is 0 Å². The molecule has 2 aromatic rings. The van der Waals surface area contributed by atoms with Gasteiger partial charge < -0.3 is 10.4 Å². The molecule has 6 nitrogen and oxygen atoms in total. The lowest BCUT2D eigenvalue weighted by molar-refractivity contribution is 0.170. The molecule has 0 saturated carbocycles. The summed E-state index contributed by atoms with van der Waals surface area (Å²) in [7, 11) is 0. The van der Waals surface area contributed by atoms with E-state index in [4.69, 9.17) is 0 Å². The van der Waals surface area contributed by atoms with E-state index in [0.29, 0.717) is 5.13 Å². The Labute approximate surface area is 131 Å². The summed E-state index contributed by atoms with van der Waals surface area (Å²) in [5.74, 6) is -0.276. The van der Waals surface area contributed by atoms with Gasteiger partial charge in [0.2, 0.25) is 5.13 Å². The smallest absolute Gasteiger partial charge is 0.321 e. The molecule has 22 heavy (non-hydrogen) atoms. The fourth-order valence-corrected chi connectivity index (χ4v) is 2.45. The van der Waals surface area contributed by atoms with Gasteiger partial charge >= 0.3 is 6.03 Å². The Hall–Kier alpha value is -2.06. The molecule has 2 amide bonds. The standard InChI is InChI=1S/C14H17FN4O2S/c1-8(2)12-18-19-14(22-12)17-13(21)16-7-11(20)9-5-3-4-6-10(9)15/h3-6,8,11,20H,7H2,1-2H3,(H2,16,17,19,21). The second kappa shape index (κ2) is 7.28. The summed E-state index contributed by atoms with van der Waals surface area (Å²) >= 11 is 1.29. The van der Waals surface area contributed by atoms with Crippen molar-refractivity contribution >= 4 is 22.5 Å². The number of urea groups is 1. The van der Waals surface area contributed by atoms with Gasteiger partial charge in [0, 0.05) is 18.0 Å². The van der Waals surface area contributed by atoms with Gasteiger partial charge in [0.05, 0.1) is 6.10 Å². The van der Waals surface area contributed by atoms with Crippen LogP contribution in [0.15, 0.2) is 24.3 Å². The molecule has 0 fully saturated rings. The van der Waals surface area contributed by atoms with Crippen molar-refractivity contribution in [3.63, 3.8) is 0 Å². The molecular formula is C14H17FN4O2S. The first-order chi connectivity index (χ1) is 10.5. The number of nitrogens with zero attached hydrogens (tertiary/aromatic N) is 2. The summed E-state index contributed by atoms with van der Waals surface area (Å²) in [4.78, 5) is 11.7. The predicted octanol–water partition coefficient (Wildman–Crippen LogP) is 2.66. The Bertz CT molecular complexity index is 647. The molecule has 0 saturated heterocycles. The molecule has 0 aliphatic heterocycles. The van der Waals surface area contributed by atoms with E-state index in [-0.39, 0.29) is 18.0 Å². The molecule has 1 atom stereocenters. The normalized spacial score (nSPS) is 12.2. The lowest BCUT2D eigenvalue weighted by Crippen LogP contribution is -2.32. The maximum Gasteiger partial charge on any atom is 0.321 e. The summed E-state index contributed by atoms with van der Waals surface area (Å²) in [5.41, 5.74) is 0.140. The fourth-order valence-electron chi connectivity index (χ4n) is 1.70. The highest BCUT2D eigenvalue weighted by Gasteiger charge is 2.14. The minimum absolute atomic E-state index is 0.109. The largest absolute Gasteiger partial charge is 0.386 e. The predicted molar refractivity (Wildman–Crippen MR) is 82.4 cm³/mol. The topological polar surface area (TPSA) is 87.1 Å². The summed E-state index contributed by atoms with van der Waals surface area (Å²) in [6, 6.07) is 5.36. The SMILES string of the molecule is CC(C)c1nnc(NC(=O)NCC(O)c2ccccc2F)s1. The molecule has 1 unspecified atom stereocenters. The quantitative estimate of drug-likeness (QED) is 0.789. The third kappa shape index (κ3) is 4.22. The van der Waals surface area contributed by atoms with Crippen molar-refractivity contribution in [1.82, 2.24) is 15.5 Å². The number of benzene rings is 1. The van der Waals surface area contributed by atoms with E-state index in [0.717, 1.165) is 5.01 Å². The van der Waals surface area contributed by atoms with Gasteiger partial charge in [0.15, 0.2) is 0 Å². The van der Waals surface area contributed by atoms with Crippen molar-refractivity contribution in [2.75, 3.05) is 11.9 Å². The van der Waals surface area contributed by atoms with Gasteiger partial charge in [0.25, 0.3) is 0 Å². The van der Waals surface area contributed by atoms with Crippen LogP contribution in [0.1, 0.15) is 36.4 Å². The molecule has 0 spiro atoms. The van der Waals surface area contributed by atoms with Crippen LogP contribution in [0.5, 0.6) is 0 Å². The molecule has 0 aliphatic rings. The number of anilines is 1. The molecular weight excluding hydrogens is 307 g/mol. The number of aliphatic hydroxyl groups excluding tert-OH is 1. The van der Waals surface area contributed by atoms with Crippen LogP contribution in [0.2, 0.25) is 0 Å². The van der Waals surface area contributed by atoms with E-state index in [1.807, 2.05) is 13.8 Å². The maximum atomic E-state index is 13.5. The van der Waals surface area contributed by atoms with Gasteiger partial charge in [-0.05, 0) is 6.07 Å². The van der Waals surface area contributed by atoms with Gasteiger partial charge in [-0.1, -0.05) is 43.4 Å². The van der Waals surface area contributed by atoms with E-state index < -0.39 is 18.0 Å². The zero-order valence-electron chi connectivity index (χ0n) is 12.2. The average Bonchev–Trinajstić information content (AvgIpc) is 2.94. The Morgan fingerprint density at radius 1 is 1.36 bits per heavy atom. The Morgan fingerprint density at radius 2 is 2.09 bits per heavy atom. The third-order valence-corrected chi connectivity index (χ3v) is 4.01. The van der Waals surface area contributed by atoms with Gasteiger partial charge in [-0.3, -0.25) is 5.32 Å². The lowest BCUT2D eigenvalue weighted by atomic mass is 10.1. The van der Waals surface area contributed by atoms with Gasteiger partial charge in [-0.25, -0.2) is 9.18 Å². The highest BCUT2D eigenvalue weighted by molar-refractivity contribution is 7.15. The molecule has 118 valence electrons. The van der Waals surface area contributed by atoms with E-state index in [1.54, 1.807) is 6.07 Å². The average molecular weight is 324 g/mol. The zero-order valence-corrected chi connectivity index (χ0v) is 13.0. The number of rotatable bonds is 5. The van der Waals surface area contributed by atoms with Crippen molar-refractivity contribution in [3.8, 4) is 0 Å². The van der Waals surface area contributed by atoms with Crippen LogP contribution in [0.3, 0.4) is 0 Å². The van der Waals surface area contributed by atoms with Crippen LogP contribution in [0.4, 0.5) is 14.3 Å². The molecule has 3 N–H and O–H groups in total. The zero-order chi connectivity index (χ0) is 16.1. The van der Waals surface area contributed by atoms with Crippen LogP contribution < -0.4 is 10.6 Å². The molecule has 2 rings (SSSR count). The summed E-state index contributed by atoms with van der Waals surface area (Å²) < 4.78 is 13.5. The molecule has 0 radical (unpaired) electrons. The number of carbonyl (C=O) groups is 1. The number of nitrogens with one attached hydrogen (secondary N) is 2. The van der Waals surface area contributed by atoms with E-state index >= 15 is 0 Å². The van der Waals surface area contributed by atoms with Crippen LogP contribution in [-0.4, -0.2) is 27.9 Å². The van der Waals surface area contributed by atoms with Crippen molar-refractivity contribution in [3.05, 3.63) is 40.7 Å². The van der Waals surface area contributed by atoms with Crippen LogP contribution in [0.25, 0.3) is 0 Å². The van der Waals surface area contributed by atoms with Crippen LogP contribution in [-0.2, 0) is 0 Å². The second-order valence-electron chi connectivity index (χ2n) is 4.97. The van der Waals surface area contributed by atoms with E-state index in [2.05, 4.69) is 20.8 Å². The number of hydrogen-bond acceptors (Lipinski definition) is 5. The number of hydrogen-bond donors (Lipinski definition) is 3. The monoisotopic (exact) mass is 324 g/mol. The minimum Gasteiger partial charge on any atom is -0.386 e. The third-order valence-electron chi connectivity index (χ3n) is 2.88. The molecule has 1 aromatic carbocycles. The van der Waals surface area contributed by atoms with Crippen molar-refractivity contribution < 1.29 is 14.3 Å². The number of aromatic nitrogens is 2. The van der Waals surface area contributed by atoms with Crippen molar-refractivity contribution in [1.29, 1.82) is 0 Å². The summed E-state index contributed by atoms with van der Waals surface area (Å²) in [6.07, 6.45) is -1.12. The molecule has 1 heterocycles. The lowest BCUT2D eigenvalue weighted by Gasteiger charge is -2.12. The molecule has 0 aliphatic carbocycles. The first kappa shape index (κ1) is 16.3.